The number of nitrogens with one attached hydrogen (secondary N) is 2. The Kier molecular flexibility index (Phi) is 5.00. The van der Waals surface area contributed by atoms with Crippen molar-refractivity contribution >= 4 is 17.4 Å². The summed E-state index contributed by atoms with van der Waals surface area (Å²) in [5.74, 6) is 0.767. The highest BCUT2D eigenvalue weighted by Gasteiger charge is 2.07. The van der Waals surface area contributed by atoms with Crippen molar-refractivity contribution < 1.29 is 4.79 Å². The predicted octanol–water partition coefficient (Wildman–Crippen LogP) is 2.37. The van der Waals surface area contributed by atoms with Crippen molar-refractivity contribution in [1.29, 1.82) is 0 Å². The van der Waals surface area contributed by atoms with E-state index in [1.807, 2.05) is 34.3 Å². The van der Waals surface area contributed by atoms with Gasteiger partial charge >= 0.3 is 6.03 Å². The Labute approximate surface area is 138 Å². The maximum atomic E-state index is 11.9. The minimum atomic E-state index is -0.179. The minimum Gasteiger partial charge on any atom is -0.338 e. The molecule has 23 heavy (non-hydrogen) atoms. The predicted molar refractivity (Wildman–Crippen MR) is 89.6 cm³/mol. The van der Waals surface area contributed by atoms with E-state index >= 15 is 0 Å². The summed E-state index contributed by atoms with van der Waals surface area (Å²) < 4.78 is 1.83. The Bertz CT molecular complexity index is 740. The molecule has 0 bridgehead atoms. The summed E-state index contributed by atoms with van der Waals surface area (Å²) in [6, 6.07) is 7.69. The van der Waals surface area contributed by atoms with Gasteiger partial charge in [0.2, 0.25) is 0 Å². The zero-order chi connectivity index (χ0) is 15.9. The van der Waals surface area contributed by atoms with E-state index in [0.29, 0.717) is 13.1 Å². The summed E-state index contributed by atoms with van der Waals surface area (Å²) in [6.45, 7) is 1.03. The Morgan fingerprint density at radius 2 is 2.17 bits per heavy atom. The number of aromatic nitrogens is 3. The first-order valence-corrected chi connectivity index (χ1v) is 8.17. The monoisotopic (exact) mass is 327 g/mol. The zero-order valence-corrected chi connectivity index (χ0v) is 13.3. The number of thiophene rings is 1. The number of carbonyl (C=O) groups excluding carboxylic acids is 1. The molecule has 0 spiro atoms. The largest absolute Gasteiger partial charge is 0.338 e. The Morgan fingerprint density at radius 3 is 2.96 bits per heavy atom. The average Bonchev–Trinajstić information content (AvgIpc) is 3.27. The van der Waals surface area contributed by atoms with E-state index in [4.69, 9.17) is 0 Å². The third-order valence-electron chi connectivity index (χ3n) is 3.29. The van der Waals surface area contributed by atoms with Gasteiger partial charge in [-0.25, -0.2) is 14.8 Å². The number of hydrogen-bond donors (Lipinski definition) is 2. The van der Waals surface area contributed by atoms with Gasteiger partial charge in [-0.05, 0) is 23.9 Å². The number of pyridine rings is 1. The molecule has 7 heteroatoms. The number of carbonyl (C=O) groups is 1. The van der Waals surface area contributed by atoms with Crippen LogP contribution in [-0.2, 0) is 13.0 Å². The highest BCUT2D eigenvalue weighted by atomic mass is 32.1. The summed E-state index contributed by atoms with van der Waals surface area (Å²) >= 11 is 1.70. The first-order chi connectivity index (χ1) is 11.3. The van der Waals surface area contributed by atoms with Crippen LogP contribution in [0.2, 0.25) is 0 Å². The molecule has 6 nitrogen and oxygen atoms in total. The molecule has 0 aliphatic carbocycles. The second-order valence-electron chi connectivity index (χ2n) is 4.89. The van der Waals surface area contributed by atoms with E-state index < -0.39 is 0 Å². The third-order valence-corrected chi connectivity index (χ3v) is 4.23. The van der Waals surface area contributed by atoms with Gasteiger partial charge in [0.1, 0.15) is 12.1 Å². The van der Waals surface area contributed by atoms with E-state index in [9.17, 15) is 4.79 Å². The maximum Gasteiger partial charge on any atom is 0.315 e. The van der Waals surface area contributed by atoms with Crippen LogP contribution in [0.5, 0.6) is 0 Å². The van der Waals surface area contributed by atoms with E-state index in [-0.39, 0.29) is 6.03 Å². The van der Waals surface area contributed by atoms with E-state index in [0.717, 1.165) is 17.8 Å². The number of urea groups is 1. The summed E-state index contributed by atoms with van der Waals surface area (Å²) in [7, 11) is 0. The van der Waals surface area contributed by atoms with Gasteiger partial charge < -0.3 is 10.6 Å². The third kappa shape index (κ3) is 4.17. The first kappa shape index (κ1) is 15.2. The van der Waals surface area contributed by atoms with Gasteiger partial charge in [0.25, 0.3) is 0 Å². The zero-order valence-electron chi connectivity index (χ0n) is 12.5. The van der Waals surface area contributed by atoms with Crippen LogP contribution in [0.15, 0.2) is 54.6 Å². The smallest absolute Gasteiger partial charge is 0.315 e. The number of amides is 2. The average molecular weight is 327 g/mol. The normalized spacial score (nSPS) is 10.4. The molecular formula is C16H17N5OS. The SMILES string of the molecule is O=C(NCCc1cccs1)NCc1cccnc1-n1ccnc1. The second-order valence-corrected chi connectivity index (χ2v) is 5.93. The van der Waals surface area contributed by atoms with Crippen LogP contribution < -0.4 is 10.6 Å². The van der Waals surface area contributed by atoms with Crippen LogP contribution in [0.1, 0.15) is 10.4 Å². The van der Waals surface area contributed by atoms with E-state index in [1.54, 1.807) is 30.1 Å². The first-order valence-electron chi connectivity index (χ1n) is 7.29. The Hall–Kier alpha value is -2.67. The molecule has 0 aliphatic heterocycles. The summed E-state index contributed by atoms with van der Waals surface area (Å²) in [5.41, 5.74) is 0.930. The molecule has 0 unspecified atom stereocenters. The lowest BCUT2D eigenvalue weighted by Crippen LogP contribution is -2.36. The summed E-state index contributed by atoms with van der Waals surface area (Å²) in [6.07, 6.45) is 7.78. The number of rotatable bonds is 6. The summed E-state index contributed by atoms with van der Waals surface area (Å²) in [5, 5.41) is 7.76. The molecule has 0 saturated carbocycles. The molecule has 0 aliphatic rings. The Balaban J connectivity index is 1.51. The Morgan fingerprint density at radius 1 is 1.22 bits per heavy atom. The van der Waals surface area contributed by atoms with Gasteiger partial charge in [-0.1, -0.05) is 12.1 Å². The van der Waals surface area contributed by atoms with E-state index in [2.05, 4.69) is 26.7 Å². The topological polar surface area (TPSA) is 71.8 Å². The molecule has 3 rings (SSSR count). The molecule has 0 fully saturated rings. The van der Waals surface area contributed by atoms with Gasteiger partial charge in [0.05, 0.1) is 0 Å². The fourth-order valence-electron chi connectivity index (χ4n) is 2.18. The van der Waals surface area contributed by atoms with Gasteiger partial charge in [0, 0.05) is 42.1 Å². The molecule has 2 amide bonds. The highest BCUT2D eigenvalue weighted by Crippen LogP contribution is 2.10. The molecule has 0 saturated heterocycles. The molecule has 3 aromatic rings. The fraction of sp³-hybridized carbons (Fsp3) is 0.188. The molecule has 118 valence electrons. The molecular weight excluding hydrogens is 310 g/mol. The van der Waals surface area contributed by atoms with Gasteiger partial charge in [0.15, 0.2) is 0 Å². The van der Waals surface area contributed by atoms with Crippen LogP contribution in [-0.4, -0.2) is 27.1 Å². The molecule has 0 atom stereocenters. The molecule has 3 heterocycles. The highest BCUT2D eigenvalue weighted by molar-refractivity contribution is 7.09. The van der Waals surface area contributed by atoms with Gasteiger partial charge in [-0.15, -0.1) is 11.3 Å². The lowest BCUT2D eigenvalue weighted by molar-refractivity contribution is 0.240. The van der Waals surface area contributed by atoms with Crippen molar-refractivity contribution in [2.75, 3.05) is 6.54 Å². The quantitative estimate of drug-likeness (QED) is 0.730. The van der Waals surface area contributed by atoms with Crippen LogP contribution in [0.4, 0.5) is 4.79 Å². The number of nitrogens with zero attached hydrogens (tertiary/aromatic N) is 3. The van der Waals surface area contributed by atoms with Gasteiger partial charge in [-0.3, -0.25) is 4.57 Å². The van der Waals surface area contributed by atoms with Crippen LogP contribution in [0.25, 0.3) is 5.82 Å². The van der Waals surface area contributed by atoms with Crippen molar-refractivity contribution in [3.8, 4) is 5.82 Å². The van der Waals surface area contributed by atoms with Crippen LogP contribution in [0.3, 0.4) is 0 Å². The van der Waals surface area contributed by atoms with Crippen molar-refractivity contribution in [2.24, 2.45) is 0 Å². The lowest BCUT2D eigenvalue weighted by Gasteiger charge is -2.10. The molecule has 2 N–H and O–H groups in total. The maximum absolute atomic E-state index is 11.9. The second kappa shape index (κ2) is 7.55. The van der Waals surface area contributed by atoms with Gasteiger partial charge in [-0.2, -0.15) is 0 Å². The fourth-order valence-corrected chi connectivity index (χ4v) is 2.89. The van der Waals surface area contributed by atoms with Crippen LogP contribution in [0, 0.1) is 0 Å². The van der Waals surface area contributed by atoms with Crippen molar-refractivity contribution in [3.63, 3.8) is 0 Å². The lowest BCUT2D eigenvalue weighted by atomic mass is 10.2. The molecule has 0 radical (unpaired) electrons. The molecule has 3 aromatic heterocycles. The summed E-state index contributed by atoms with van der Waals surface area (Å²) in [4.78, 5) is 21.5. The van der Waals surface area contributed by atoms with Crippen LogP contribution >= 0.6 is 11.3 Å². The van der Waals surface area contributed by atoms with Crippen molar-refractivity contribution in [1.82, 2.24) is 25.2 Å². The molecule has 0 aromatic carbocycles. The van der Waals surface area contributed by atoms with E-state index in [1.165, 1.54) is 4.88 Å². The number of hydrogen-bond acceptors (Lipinski definition) is 4. The van der Waals surface area contributed by atoms with Crippen molar-refractivity contribution in [2.45, 2.75) is 13.0 Å². The number of imidazole rings is 1. The standard InChI is InChI=1S/C16H17N5OS/c22-16(19-7-5-14-4-2-10-23-14)20-11-13-3-1-6-18-15(13)21-9-8-17-12-21/h1-4,6,8-10,12H,5,7,11H2,(H2,19,20,22). The van der Waals surface area contributed by atoms with Crippen molar-refractivity contribution in [3.05, 3.63) is 65.0 Å². The minimum absolute atomic E-state index is 0.179.